The van der Waals surface area contributed by atoms with Crippen LogP contribution in [-0.2, 0) is 6.54 Å². The van der Waals surface area contributed by atoms with Crippen LogP contribution in [0.5, 0.6) is 0 Å². The lowest BCUT2D eigenvalue weighted by molar-refractivity contribution is 0.0949. The highest BCUT2D eigenvalue weighted by Gasteiger charge is 2.21. The zero-order chi connectivity index (χ0) is 28.9. The van der Waals surface area contributed by atoms with E-state index in [2.05, 4.69) is 54.9 Å². The molecule has 0 spiro atoms. The monoisotopic (exact) mass is 557 g/mol. The number of benzene rings is 2. The first-order valence-electron chi connectivity index (χ1n) is 14.2. The fraction of sp³-hybridized carbons (Fsp3) is 0.250. The van der Waals surface area contributed by atoms with E-state index >= 15 is 0 Å². The summed E-state index contributed by atoms with van der Waals surface area (Å²) in [6, 6.07) is 26.3. The summed E-state index contributed by atoms with van der Waals surface area (Å²) >= 11 is 0. The summed E-state index contributed by atoms with van der Waals surface area (Å²) in [4.78, 5) is 28.1. The number of anilines is 1. The Hall–Kier alpha value is -5.14. The third kappa shape index (κ3) is 5.82. The molecule has 210 valence electrons. The summed E-state index contributed by atoms with van der Waals surface area (Å²) in [5, 5.41) is 20.0. The zero-order valence-corrected chi connectivity index (χ0v) is 23.4. The number of imidazole rings is 1. The fourth-order valence-electron chi connectivity index (χ4n) is 5.33. The highest BCUT2D eigenvalue weighted by molar-refractivity contribution is 5.92. The number of carbonyl (C=O) groups excluding carboxylic acids is 1. The summed E-state index contributed by atoms with van der Waals surface area (Å²) in [7, 11) is 0. The average Bonchev–Trinajstić information content (AvgIpc) is 3.42. The molecule has 0 radical (unpaired) electrons. The molecule has 0 saturated carbocycles. The number of rotatable bonds is 8. The Morgan fingerprint density at radius 3 is 2.50 bits per heavy atom. The molecule has 3 aromatic heterocycles. The van der Waals surface area contributed by atoms with Gasteiger partial charge >= 0.3 is 0 Å². The molecule has 10 nitrogen and oxygen atoms in total. The molecule has 0 bridgehead atoms. The van der Waals surface area contributed by atoms with Crippen LogP contribution in [0.25, 0.3) is 28.2 Å². The van der Waals surface area contributed by atoms with E-state index < -0.39 is 0 Å². The van der Waals surface area contributed by atoms with Gasteiger partial charge in [0.15, 0.2) is 5.65 Å². The predicted octanol–water partition coefficient (Wildman–Crippen LogP) is 4.55. The van der Waals surface area contributed by atoms with Gasteiger partial charge in [-0.25, -0.2) is 19.5 Å². The molecule has 0 aliphatic carbocycles. The van der Waals surface area contributed by atoms with Crippen LogP contribution in [0.4, 0.5) is 5.82 Å². The van der Waals surface area contributed by atoms with Crippen molar-refractivity contribution in [1.29, 1.82) is 5.26 Å². The van der Waals surface area contributed by atoms with Gasteiger partial charge in [-0.15, -0.1) is 0 Å². The third-order valence-electron chi connectivity index (χ3n) is 7.42. The van der Waals surface area contributed by atoms with Crippen LogP contribution in [0.1, 0.15) is 41.6 Å². The third-order valence-corrected chi connectivity index (χ3v) is 7.42. The van der Waals surface area contributed by atoms with Crippen molar-refractivity contribution in [3.05, 3.63) is 96.1 Å². The molecule has 4 heterocycles. The normalized spacial score (nSPS) is 14.0. The number of nitrogens with one attached hydrogen (secondary N) is 2. The molecule has 1 saturated heterocycles. The second-order valence-electron chi connectivity index (χ2n) is 10.3. The molecule has 1 amide bonds. The van der Waals surface area contributed by atoms with E-state index in [1.54, 1.807) is 22.8 Å². The van der Waals surface area contributed by atoms with E-state index in [0.29, 0.717) is 29.7 Å². The van der Waals surface area contributed by atoms with Crippen LogP contribution in [0.2, 0.25) is 0 Å². The maximum Gasteiger partial charge on any atom is 0.271 e. The van der Waals surface area contributed by atoms with Crippen molar-refractivity contribution in [3.8, 4) is 28.6 Å². The number of nitriles is 1. The lowest BCUT2D eigenvalue weighted by atomic mass is 10.0. The van der Waals surface area contributed by atoms with Gasteiger partial charge in [0, 0.05) is 49.5 Å². The smallest absolute Gasteiger partial charge is 0.271 e. The molecular formula is C32H31N9O. The Bertz CT molecular complexity index is 1730. The second kappa shape index (κ2) is 12.2. The summed E-state index contributed by atoms with van der Waals surface area (Å²) in [6.45, 7) is 5.24. The number of aromatic nitrogens is 5. The maximum absolute atomic E-state index is 12.5. The number of hydrogen-bond acceptors (Lipinski definition) is 8. The number of hydrogen-bond donors (Lipinski definition) is 2. The number of fused-ring (bicyclic) bond motifs is 1. The minimum atomic E-state index is -0.208. The molecule has 1 aliphatic heterocycles. The van der Waals surface area contributed by atoms with E-state index in [9.17, 15) is 4.79 Å². The molecule has 42 heavy (non-hydrogen) atoms. The molecule has 10 heteroatoms. The van der Waals surface area contributed by atoms with Gasteiger partial charge in [-0.3, -0.25) is 9.69 Å². The van der Waals surface area contributed by atoms with Gasteiger partial charge in [0.05, 0.1) is 5.69 Å². The van der Waals surface area contributed by atoms with Crippen molar-refractivity contribution in [2.45, 2.75) is 32.4 Å². The molecule has 2 N–H and O–H groups in total. The minimum absolute atomic E-state index is 0.181. The minimum Gasteiger partial charge on any atom is -0.367 e. The Labute approximate surface area is 244 Å². The van der Waals surface area contributed by atoms with Crippen molar-refractivity contribution in [2.24, 2.45) is 0 Å². The summed E-state index contributed by atoms with van der Waals surface area (Å²) < 4.78 is 1.77. The molecule has 2 aromatic carbocycles. The number of likely N-dealkylation sites (tertiary alicyclic amines) is 1. The molecular weight excluding hydrogens is 526 g/mol. The molecule has 6 rings (SSSR count). The van der Waals surface area contributed by atoms with E-state index in [-0.39, 0.29) is 11.7 Å². The Morgan fingerprint density at radius 2 is 1.76 bits per heavy atom. The second-order valence-corrected chi connectivity index (χ2v) is 10.3. The topological polar surface area (TPSA) is 124 Å². The summed E-state index contributed by atoms with van der Waals surface area (Å²) in [5.41, 5.74) is 5.92. The number of carbonyl (C=O) groups is 1. The average molecular weight is 558 g/mol. The number of nitrogens with zero attached hydrogens (tertiary/aromatic N) is 7. The first-order chi connectivity index (χ1) is 20.6. The quantitative estimate of drug-likeness (QED) is 0.285. The lowest BCUT2D eigenvalue weighted by Crippen LogP contribution is -2.38. The molecule has 0 unspecified atom stereocenters. The Balaban J connectivity index is 1.18. The zero-order valence-electron chi connectivity index (χ0n) is 23.4. The van der Waals surface area contributed by atoms with Crippen molar-refractivity contribution >= 4 is 17.4 Å². The van der Waals surface area contributed by atoms with Crippen LogP contribution in [0.3, 0.4) is 0 Å². The SMILES string of the molecule is CCNC(=O)c1ccc2nc(-c3ccc(CN4CCC(Nc5ccnc(C#N)n5)CC4)cc3)c(-c3ccccc3)n2n1. The molecule has 5 aromatic rings. The van der Waals surface area contributed by atoms with Crippen molar-refractivity contribution in [1.82, 2.24) is 34.8 Å². The van der Waals surface area contributed by atoms with Gasteiger partial charge in [-0.1, -0.05) is 54.6 Å². The van der Waals surface area contributed by atoms with Gasteiger partial charge in [-0.05, 0) is 43.5 Å². The Kier molecular flexibility index (Phi) is 7.83. The fourth-order valence-corrected chi connectivity index (χ4v) is 5.33. The highest BCUT2D eigenvalue weighted by atomic mass is 16.1. The molecule has 1 fully saturated rings. The molecule has 1 aliphatic rings. The number of piperidine rings is 1. The first-order valence-corrected chi connectivity index (χ1v) is 14.2. The summed E-state index contributed by atoms with van der Waals surface area (Å²) in [6.07, 6.45) is 3.61. The van der Waals surface area contributed by atoms with Gasteiger partial charge < -0.3 is 10.6 Å². The predicted molar refractivity (Wildman–Crippen MR) is 161 cm³/mol. The van der Waals surface area contributed by atoms with E-state index in [1.165, 1.54) is 5.56 Å². The van der Waals surface area contributed by atoms with Crippen molar-refractivity contribution in [2.75, 3.05) is 25.0 Å². The highest BCUT2D eigenvalue weighted by Crippen LogP contribution is 2.32. The van der Waals surface area contributed by atoms with E-state index in [4.69, 9.17) is 10.2 Å². The summed E-state index contributed by atoms with van der Waals surface area (Å²) in [5.74, 6) is 0.675. The maximum atomic E-state index is 12.5. The number of amides is 1. The van der Waals surface area contributed by atoms with Crippen LogP contribution < -0.4 is 10.6 Å². The molecule has 0 atom stereocenters. The largest absolute Gasteiger partial charge is 0.367 e. The van der Waals surface area contributed by atoms with E-state index in [1.807, 2.05) is 49.4 Å². The Morgan fingerprint density at radius 1 is 0.976 bits per heavy atom. The van der Waals surface area contributed by atoms with Crippen LogP contribution in [-0.4, -0.2) is 61.0 Å². The van der Waals surface area contributed by atoms with Crippen molar-refractivity contribution in [3.63, 3.8) is 0 Å². The van der Waals surface area contributed by atoms with E-state index in [0.717, 1.165) is 55.0 Å². The van der Waals surface area contributed by atoms with Crippen LogP contribution >= 0.6 is 0 Å². The lowest BCUT2D eigenvalue weighted by Gasteiger charge is -2.32. The van der Waals surface area contributed by atoms with Gasteiger partial charge in [-0.2, -0.15) is 10.4 Å². The van der Waals surface area contributed by atoms with Gasteiger partial charge in [0.1, 0.15) is 23.3 Å². The van der Waals surface area contributed by atoms with Gasteiger partial charge in [0.25, 0.3) is 5.91 Å². The first kappa shape index (κ1) is 27.1. The van der Waals surface area contributed by atoms with Gasteiger partial charge in [0.2, 0.25) is 5.82 Å². The standard InChI is InChI=1S/C32H31N9O/c1-2-34-32(42)26-12-13-29-38-30(31(41(29)39-26)24-6-4-3-5-7-24)23-10-8-22(9-11-23)21-40-18-15-25(16-19-40)36-27-14-17-35-28(20-33)37-27/h3-14,17,25H,2,15-16,18-19,21H2,1H3,(H,34,42)(H,35,36,37). The van der Waals surface area contributed by atoms with Crippen molar-refractivity contribution < 1.29 is 4.79 Å². The van der Waals surface area contributed by atoms with Crippen LogP contribution in [0, 0.1) is 11.3 Å². The van der Waals surface area contributed by atoms with Crippen LogP contribution in [0.15, 0.2) is 79.0 Å².